The first-order valence-corrected chi connectivity index (χ1v) is 23.3. The number of aromatic nitrogens is 7. The van der Waals surface area contributed by atoms with Crippen LogP contribution >= 0.6 is 15.9 Å². The van der Waals surface area contributed by atoms with Gasteiger partial charge in [-0.2, -0.15) is 10.2 Å². The first-order chi connectivity index (χ1) is 32.9. The number of pyridine rings is 5. The van der Waals surface area contributed by atoms with Crippen molar-refractivity contribution < 1.29 is 19.2 Å². The quantitative estimate of drug-likeness (QED) is 0.143. The highest BCUT2D eigenvalue weighted by molar-refractivity contribution is 9.10. The molecular weight excluding hydrogens is 923 g/mol. The summed E-state index contributed by atoms with van der Waals surface area (Å²) in [6.07, 6.45) is 18.6. The molecule has 0 atom stereocenters. The Labute approximate surface area is 402 Å². The number of nitrogens with one attached hydrogen (secondary N) is 2. The summed E-state index contributed by atoms with van der Waals surface area (Å²) in [7, 11) is 3.20. The lowest BCUT2D eigenvalue weighted by Crippen LogP contribution is -2.45. The van der Waals surface area contributed by atoms with Crippen molar-refractivity contribution in [3.8, 4) is 11.1 Å². The van der Waals surface area contributed by atoms with Gasteiger partial charge in [-0.15, -0.1) is 0 Å². The minimum absolute atomic E-state index is 0.00773. The molecule has 0 bridgehead atoms. The van der Waals surface area contributed by atoms with Gasteiger partial charge in [-0.05, 0) is 141 Å². The number of benzene rings is 1. The molecule has 1 aromatic carbocycles. The van der Waals surface area contributed by atoms with Crippen LogP contribution in [0.4, 0.5) is 11.6 Å². The third kappa shape index (κ3) is 10.3. The largest absolute Gasteiger partial charge is 0.355 e. The van der Waals surface area contributed by atoms with Gasteiger partial charge in [-0.1, -0.05) is 35.9 Å². The molecule has 68 heavy (non-hydrogen) atoms. The Morgan fingerprint density at radius 1 is 0.559 bits per heavy atom. The lowest BCUT2D eigenvalue weighted by molar-refractivity contribution is 0.0951. The Morgan fingerprint density at radius 2 is 1.07 bits per heavy atom. The number of halogens is 1. The number of rotatable bonds is 9. The van der Waals surface area contributed by atoms with Crippen molar-refractivity contribution in [1.82, 2.24) is 44.8 Å². The maximum atomic E-state index is 13.6. The molecule has 2 aliphatic rings. The molecule has 10 rings (SSSR count). The number of nitrogens with zero attached hydrogens (tertiary/aromatic N) is 9. The zero-order valence-corrected chi connectivity index (χ0v) is 40.1. The number of aryl methyl sites for hydroxylation is 3. The topological polar surface area (TPSA) is 172 Å². The molecule has 7 aromatic heterocycles. The van der Waals surface area contributed by atoms with E-state index in [0.29, 0.717) is 28.2 Å². The molecule has 2 aliphatic carbocycles. The van der Waals surface area contributed by atoms with Gasteiger partial charge in [0.2, 0.25) is 0 Å². The van der Waals surface area contributed by atoms with Gasteiger partial charge in [-0.3, -0.25) is 34.0 Å². The smallest absolute Gasteiger partial charge is 0.269 e. The standard InChI is InChI=1S/C25H24N6O2.C18H17BrN4O.C9H11NO/c1-16-6-9-23(28-13-16)31(19-4-3-5-19)25(33)17-10-11-30-22(12-17)20(15-29-30)18-7-8-21(27-14-18)24(32)26-2;1-12-5-6-17(20-10-12)23(14-3-2-4-14)18(24)13-7-8-22-16(9-13)15(19)11-21-22;1-7-3-5-8(6-4-7)9(11)10-2/h6-15,19H,3-5H2,1-2H3,(H,26,32);5-11,14H,2-4H2,1H3;3-6H,1-2H3,(H,10,11). The lowest BCUT2D eigenvalue weighted by Gasteiger charge is -2.36. The fraction of sp³-hybridized carbons (Fsp3) is 0.250. The van der Waals surface area contributed by atoms with E-state index in [1.807, 2.05) is 116 Å². The van der Waals surface area contributed by atoms with Crippen molar-refractivity contribution in [2.75, 3.05) is 23.9 Å². The number of amides is 4. The van der Waals surface area contributed by atoms with Crippen LogP contribution in [0.2, 0.25) is 0 Å². The van der Waals surface area contributed by atoms with Gasteiger partial charge in [0, 0.05) is 85.0 Å². The molecule has 7 heterocycles. The molecule has 8 aromatic rings. The molecule has 2 fully saturated rings. The third-order valence-electron chi connectivity index (χ3n) is 12.2. The Morgan fingerprint density at radius 3 is 1.54 bits per heavy atom. The summed E-state index contributed by atoms with van der Waals surface area (Å²) in [5.74, 6) is 1.05. The average molecular weight is 975 g/mol. The van der Waals surface area contributed by atoms with Crippen LogP contribution in [0.5, 0.6) is 0 Å². The highest BCUT2D eigenvalue weighted by atomic mass is 79.9. The van der Waals surface area contributed by atoms with Gasteiger partial charge in [0.05, 0.1) is 27.9 Å². The Kier molecular flexibility index (Phi) is 14.4. The average Bonchev–Trinajstić information content (AvgIpc) is 3.94. The summed E-state index contributed by atoms with van der Waals surface area (Å²) in [5.41, 5.74) is 8.91. The molecule has 2 saturated carbocycles. The van der Waals surface area contributed by atoms with Crippen molar-refractivity contribution >= 4 is 62.2 Å². The summed E-state index contributed by atoms with van der Waals surface area (Å²) in [4.78, 5) is 66.5. The second-order valence-electron chi connectivity index (χ2n) is 16.9. The van der Waals surface area contributed by atoms with Crippen LogP contribution < -0.4 is 20.4 Å². The Hall–Kier alpha value is -7.59. The van der Waals surface area contributed by atoms with Crippen molar-refractivity contribution in [1.29, 1.82) is 0 Å². The number of hydrogen-bond donors (Lipinski definition) is 2. The minimum Gasteiger partial charge on any atom is -0.355 e. The molecule has 0 aliphatic heterocycles. The Bertz CT molecular complexity index is 3070. The van der Waals surface area contributed by atoms with Crippen LogP contribution in [0.3, 0.4) is 0 Å². The molecular formula is C52H52BrN11O4. The second-order valence-corrected chi connectivity index (χ2v) is 17.8. The van der Waals surface area contributed by atoms with E-state index in [9.17, 15) is 19.2 Å². The van der Waals surface area contributed by atoms with Gasteiger partial charge >= 0.3 is 0 Å². The van der Waals surface area contributed by atoms with E-state index in [2.05, 4.69) is 51.7 Å². The molecule has 4 amide bonds. The Balaban J connectivity index is 0.000000155. The zero-order valence-electron chi connectivity index (χ0n) is 38.6. The monoisotopic (exact) mass is 973 g/mol. The second kappa shape index (κ2) is 20.9. The third-order valence-corrected chi connectivity index (χ3v) is 12.8. The predicted molar refractivity (Wildman–Crippen MR) is 266 cm³/mol. The maximum absolute atomic E-state index is 13.6. The highest BCUT2D eigenvalue weighted by Gasteiger charge is 2.33. The maximum Gasteiger partial charge on any atom is 0.269 e. The van der Waals surface area contributed by atoms with Crippen molar-refractivity contribution in [3.63, 3.8) is 0 Å². The van der Waals surface area contributed by atoms with Crippen LogP contribution in [0, 0.1) is 20.8 Å². The molecule has 0 radical (unpaired) electrons. The molecule has 0 saturated heterocycles. The molecule has 346 valence electrons. The highest BCUT2D eigenvalue weighted by Crippen LogP contribution is 2.33. The van der Waals surface area contributed by atoms with Crippen LogP contribution in [0.1, 0.15) is 96.8 Å². The van der Waals surface area contributed by atoms with Crippen molar-refractivity contribution in [3.05, 3.63) is 172 Å². The van der Waals surface area contributed by atoms with E-state index in [0.717, 1.165) is 87.7 Å². The number of fused-ring (bicyclic) bond motifs is 2. The van der Waals surface area contributed by atoms with Crippen LogP contribution in [-0.4, -0.2) is 84.0 Å². The molecule has 2 N–H and O–H groups in total. The minimum atomic E-state index is -0.241. The molecule has 16 heteroatoms. The predicted octanol–water partition coefficient (Wildman–Crippen LogP) is 9.01. The SMILES string of the molecule is CNC(=O)c1ccc(-c2cnn3ccc(C(=O)N(c4ccc(C)cn4)C4CCC4)cc23)cn1.CNC(=O)c1ccc(C)cc1.Cc1ccc(N(C(=O)c2ccn3ncc(Br)c3c2)C2CCC2)nc1. The first-order valence-electron chi connectivity index (χ1n) is 22.5. The van der Waals surface area contributed by atoms with E-state index >= 15 is 0 Å². The number of anilines is 2. The fourth-order valence-electron chi connectivity index (χ4n) is 7.77. The van der Waals surface area contributed by atoms with E-state index in [1.165, 1.54) is 0 Å². The number of carbonyl (C=O) groups excluding carboxylic acids is 4. The van der Waals surface area contributed by atoms with Gasteiger partial charge in [0.25, 0.3) is 23.6 Å². The summed E-state index contributed by atoms with van der Waals surface area (Å²) in [5, 5.41) is 13.8. The normalized spacial score (nSPS) is 13.2. The van der Waals surface area contributed by atoms with Crippen molar-refractivity contribution in [2.24, 2.45) is 0 Å². The molecule has 15 nitrogen and oxygen atoms in total. The van der Waals surface area contributed by atoms with Crippen molar-refractivity contribution in [2.45, 2.75) is 71.4 Å². The summed E-state index contributed by atoms with van der Waals surface area (Å²) >= 11 is 3.47. The number of hydrogen-bond acceptors (Lipinski definition) is 9. The fourth-order valence-corrected chi connectivity index (χ4v) is 8.16. The van der Waals surface area contributed by atoms with E-state index in [1.54, 1.807) is 66.2 Å². The molecule has 0 unspecified atom stereocenters. The molecule has 0 spiro atoms. The van der Waals surface area contributed by atoms with Gasteiger partial charge in [0.1, 0.15) is 17.3 Å². The lowest BCUT2D eigenvalue weighted by atomic mass is 9.91. The van der Waals surface area contributed by atoms with Gasteiger partial charge in [-0.25, -0.2) is 19.0 Å². The van der Waals surface area contributed by atoms with Gasteiger partial charge < -0.3 is 10.6 Å². The van der Waals surface area contributed by atoms with E-state index in [-0.39, 0.29) is 35.7 Å². The van der Waals surface area contributed by atoms with Crippen LogP contribution in [0.15, 0.2) is 133 Å². The zero-order chi connectivity index (χ0) is 47.9. The summed E-state index contributed by atoms with van der Waals surface area (Å²) < 4.78 is 4.36. The van der Waals surface area contributed by atoms with Crippen LogP contribution in [0.25, 0.3) is 22.2 Å². The summed E-state index contributed by atoms with van der Waals surface area (Å²) in [6.45, 7) is 5.97. The van der Waals surface area contributed by atoms with E-state index < -0.39 is 0 Å². The first kappa shape index (κ1) is 46.9. The van der Waals surface area contributed by atoms with Crippen LogP contribution in [-0.2, 0) is 0 Å². The number of carbonyl (C=O) groups is 4. The van der Waals surface area contributed by atoms with Gasteiger partial charge in [0.15, 0.2) is 0 Å². The summed E-state index contributed by atoms with van der Waals surface area (Å²) in [6, 6.07) is 26.5. The van der Waals surface area contributed by atoms with E-state index in [4.69, 9.17) is 0 Å².